The van der Waals surface area contributed by atoms with Gasteiger partial charge in [-0.05, 0) is 67.6 Å². The van der Waals surface area contributed by atoms with Crippen LogP contribution in [0.4, 0.5) is 0 Å². The van der Waals surface area contributed by atoms with Gasteiger partial charge in [0, 0.05) is 4.90 Å². The quantitative estimate of drug-likeness (QED) is 0.517. The lowest BCUT2D eigenvalue weighted by molar-refractivity contribution is 0.394. The van der Waals surface area contributed by atoms with E-state index in [0.29, 0.717) is 14.9 Å². The number of benzene rings is 2. The molecule has 0 aliphatic rings. The van der Waals surface area contributed by atoms with Crippen LogP contribution >= 0.6 is 79.1 Å². The summed E-state index contributed by atoms with van der Waals surface area (Å²) < 4.78 is 5.15. The molecule has 0 heterocycles. The first-order valence-corrected chi connectivity index (χ1v) is 9.91. The highest BCUT2D eigenvalue weighted by atomic mass is 35.7. The van der Waals surface area contributed by atoms with Gasteiger partial charge in [-0.25, -0.2) is 0 Å². The minimum Gasteiger partial charge on any atom is -0.494 e. The molecule has 0 aliphatic carbocycles. The average Bonchev–Trinajstić information content (AvgIpc) is 2.52. The first kappa shape index (κ1) is 19.5. The third kappa shape index (κ3) is 5.87. The van der Waals surface area contributed by atoms with E-state index >= 15 is 0 Å². The normalized spacial score (nSPS) is 9.81. The molecule has 0 aromatic heterocycles. The number of hydrogen-bond donors (Lipinski definition) is 1. The second kappa shape index (κ2) is 10.3. The van der Waals surface area contributed by atoms with Gasteiger partial charge in [0.2, 0.25) is 0 Å². The molecule has 114 valence electrons. The maximum atomic E-state index is 5.65. The highest BCUT2D eigenvalue weighted by Crippen LogP contribution is 2.40. The number of thiol groups is 1. The highest BCUT2D eigenvalue weighted by Gasteiger charge is 2.07. The molecule has 0 fully saturated rings. The Hall–Kier alpha value is 0.450. The van der Waals surface area contributed by atoms with Crippen LogP contribution in [0.3, 0.4) is 0 Å². The zero-order valence-electron chi connectivity index (χ0n) is 10.6. The number of methoxy groups -OCH3 is 1. The first-order chi connectivity index (χ1) is 10.0. The summed E-state index contributed by atoms with van der Waals surface area (Å²) in [5.41, 5.74) is 0. The molecule has 2 aromatic carbocycles. The number of para-hydroxylation sites is 1. The lowest BCUT2D eigenvalue weighted by atomic mass is 10.3. The molecule has 2 rings (SSSR count). The molecule has 0 aliphatic heterocycles. The lowest BCUT2D eigenvalue weighted by Gasteiger charge is -2.07. The predicted octanol–water partition coefficient (Wildman–Crippen LogP) is 7.47. The Balaban J connectivity index is 0.000000219. The fourth-order valence-electron chi connectivity index (χ4n) is 1.31. The monoisotopic (exact) mass is 418 g/mol. The summed E-state index contributed by atoms with van der Waals surface area (Å²) in [5.74, 6) is 0.734. The summed E-state index contributed by atoms with van der Waals surface area (Å²) in [7, 11) is 15.1. The SMILES string of the molecule is COc1c(SCl)cccc1SCl.Sc1c(Cl)cccc1Cl. The molecule has 0 bridgehead atoms. The zero-order valence-corrected chi connectivity index (χ0v) is 16.2. The van der Waals surface area contributed by atoms with Crippen molar-refractivity contribution in [3.63, 3.8) is 0 Å². The topological polar surface area (TPSA) is 9.23 Å². The van der Waals surface area contributed by atoms with E-state index in [0.717, 1.165) is 37.5 Å². The summed E-state index contributed by atoms with van der Waals surface area (Å²) >= 11 is 15.4. The third-order valence-corrected chi connectivity index (χ3v) is 5.60. The summed E-state index contributed by atoms with van der Waals surface area (Å²) in [6.07, 6.45) is 0. The highest BCUT2D eigenvalue weighted by molar-refractivity contribution is 8.21. The van der Waals surface area contributed by atoms with E-state index in [-0.39, 0.29) is 0 Å². The van der Waals surface area contributed by atoms with Crippen LogP contribution in [0, 0.1) is 0 Å². The maximum Gasteiger partial charge on any atom is 0.148 e. The van der Waals surface area contributed by atoms with Gasteiger partial charge in [-0.1, -0.05) is 35.3 Å². The number of ether oxygens (including phenoxy) is 1. The lowest BCUT2D eigenvalue weighted by Crippen LogP contribution is -1.86. The van der Waals surface area contributed by atoms with Crippen molar-refractivity contribution < 1.29 is 4.74 Å². The molecule has 2 aromatic rings. The van der Waals surface area contributed by atoms with Crippen molar-refractivity contribution in [3.05, 3.63) is 46.4 Å². The Morgan fingerprint density at radius 3 is 1.67 bits per heavy atom. The van der Waals surface area contributed by atoms with Gasteiger partial charge in [-0.2, -0.15) is 0 Å². The zero-order chi connectivity index (χ0) is 15.8. The van der Waals surface area contributed by atoms with Gasteiger partial charge in [0.25, 0.3) is 0 Å². The van der Waals surface area contributed by atoms with Crippen LogP contribution < -0.4 is 4.74 Å². The Kier molecular flexibility index (Phi) is 9.53. The van der Waals surface area contributed by atoms with Gasteiger partial charge >= 0.3 is 0 Å². The van der Waals surface area contributed by atoms with Crippen molar-refractivity contribution in [3.8, 4) is 5.75 Å². The minimum absolute atomic E-state index is 0.589. The number of rotatable bonds is 3. The van der Waals surface area contributed by atoms with Crippen LogP contribution in [-0.4, -0.2) is 7.11 Å². The van der Waals surface area contributed by atoms with E-state index in [2.05, 4.69) is 12.6 Å². The summed E-state index contributed by atoms with van der Waals surface area (Å²) in [6.45, 7) is 0. The van der Waals surface area contributed by atoms with Crippen molar-refractivity contribution in [2.45, 2.75) is 14.7 Å². The standard InChI is InChI=1S/C7H6Cl2OS2.C6H4Cl2S/c1-10-7-5(11-8)3-2-4-6(7)12-9;7-4-2-1-3-5(8)6(4)9/h2-4H,1H3;1-3,9H. The van der Waals surface area contributed by atoms with E-state index in [1.165, 1.54) is 0 Å². The summed E-state index contributed by atoms with van der Waals surface area (Å²) in [4.78, 5) is 2.40. The van der Waals surface area contributed by atoms with E-state index < -0.39 is 0 Å². The van der Waals surface area contributed by atoms with Crippen LogP contribution in [-0.2, 0) is 0 Å². The van der Waals surface area contributed by atoms with Crippen molar-refractivity contribution >= 4 is 79.1 Å². The molecular formula is C13H10Cl4OS3. The molecule has 21 heavy (non-hydrogen) atoms. The van der Waals surface area contributed by atoms with Crippen molar-refractivity contribution in [1.82, 2.24) is 0 Å². The molecule has 8 heteroatoms. The molecule has 1 nitrogen and oxygen atoms in total. The van der Waals surface area contributed by atoms with E-state index in [9.17, 15) is 0 Å². The Bertz CT molecular complexity index is 553. The van der Waals surface area contributed by atoms with Gasteiger partial charge in [-0.3, -0.25) is 0 Å². The van der Waals surface area contributed by atoms with Crippen molar-refractivity contribution in [1.29, 1.82) is 0 Å². The van der Waals surface area contributed by atoms with Crippen LogP contribution in [0.25, 0.3) is 0 Å². The molecule has 0 unspecified atom stereocenters. The van der Waals surface area contributed by atoms with Gasteiger partial charge < -0.3 is 4.74 Å². The Morgan fingerprint density at radius 1 is 0.905 bits per heavy atom. The fourth-order valence-corrected chi connectivity index (χ4v) is 3.43. The van der Waals surface area contributed by atoms with Crippen molar-refractivity contribution in [2.24, 2.45) is 0 Å². The minimum atomic E-state index is 0.589. The summed E-state index contributed by atoms with van der Waals surface area (Å²) in [6, 6.07) is 10.9. The van der Waals surface area contributed by atoms with Crippen molar-refractivity contribution in [2.75, 3.05) is 7.11 Å². The molecular weight excluding hydrogens is 410 g/mol. The molecule has 0 saturated carbocycles. The third-order valence-electron chi connectivity index (χ3n) is 2.25. The van der Waals surface area contributed by atoms with E-state index in [1.54, 1.807) is 25.3 Å². The van der Waals surface area contributed by atoms with Gasteiger partial charge in [-0.15, -0.1) is 12.6 Å². The molecule has 0 spiro atoms. The molecule has 0 N–H and O–H groups in total. The predicted molar refractivity (Wildman–Crippen MR) is 100 cm³/mol. The number of halogens is 4. The van der Waals surface area contributed by atoms with Gasteiger partial charge in [0.15, 0.2) is 0 Å². The van der Waals surface area contributed by atoms with Gasteiger partial charge in [0.05, 0.1) is 26.9 Å². The van der Waals surface area contributed by atoms with E-state index in [4.69, 9.17) is 49.3 Å². The fraction of sp³-hybridized carbons (Fsp3) is 0.0769. The second-order valence-corrected chi connectivity index (χ2v) is 6.89. The molecule has 0 atom stereocenters. The van der Waals surface area contributed by atoms with Crippen LogP contribution in [0.15, 0.2) is 51.1 Å². The van der Waals surface area contributed by atoms with Gasteiger partial charge in [0.1, 0.15) is 5.75 Å². The van der Waals surface area contributed by atoms with Crippen LogP contribution in [0.5, 0.6) is 5.75 Å². The molecule has 0 radical (unpaired) electrons. The largest absolute Gasteiger partial charge is 0.494 e. The second-order valence-electron chi connectivity index (χ2n) is 3.51. The number of hydrogen-bond acceptors (Lipinski definition) is 4. The molecule has 0 saturated heterocycles. The van der Waals surface area contributed by atoms with Crippen LogP contribution in [0.2, 0.25) is 10.0 Å². The maximum absolute atomic E-state index is 5.65. The Morgan fingerprint density at radius 2 is 1.33 bits per heavy atom. The average molecular weight is 420 g/mol. The first-order valence-electron chi connectivity index (χ1n) is 5.42. The Labute approximate surface area is 157 Å². The molecule has 0 amide bonds. The van der Waals surface area contributed by atoms with E-state index in [1.807, 2.05) is 18.2 Å². The van der Waals surface area contributed by atoms with Crippen LogP contribution in [0.1, 0.15) is 0 Å². The summed E-state index contributed by atoms with van der Waals surface area (Å²) in [5, 5.41) is 1.18. The smallest absolute Gasteiger partial charge is 0.148 e.